The number of halogens is 1. The highest BCUT2D eigenvalue weighted by atomic mass is 19.1. The molecule has 6 heteroatoms. The summed E-state index contributed by atoms with van der Waals surface area (Å²) < 4.78 is 12.8. The van der Waals surface area contributed by atoms with Crippen LogP contribution in [0.2, 0.25) is 0 Å². The largest absolute Gasteiger partial charge is 0.505 e. The van der Waals surface area contributed by atoms with Crippen molar-refractivity contribution in [2.24, 2.45) is 5.73 Å². The highest BCUT2D eigenvalue weighted by molar-refractivity contribution is 5.74. The molecule has 4 N–H and O–H groups in total. The molecule has 1 aromatic carbocycles. The molecule has 1 aromatic rings. The van der Waals surface area contributed by atoms with E-state index in [0.717, 1.165) is 6.07 Å². The van der Waals surface area contributed by atoms with Crippen molar-refractivity contribution < 1.29 is 19.1 Å². The van der Waals surface area contributed by atoms with Gasteiger partial charge in [-0.3, -0.25) is 9.63 Å². The molecule has 0 spiro atoms. The van der Waals surface area contributed by atoms with Crippen LogP contribution in [0, 0.1) is 5.82 Å². The summed E-state index contributed by atoms with van der Waals surface area (Å²) in [6.45, 7) is -0.0367. The van der Waals surface area contributed by atoms with Crippen molar-refractivity contribution in [2.75, 3.05) is 6.61 Å². The summed E-state index contributed by atoms with van der Waals surface area (Å²) in [5.74, 6) is -1.71. The van der Waals surface area contributed by atoms with Crippen molar-refractivity contribution in [3.8, 4) is 5.75 Å². The number of hydrogen-bond donors (Lipinski definition) is 3. The van der Waals surface area contributed by atoms with Crippen molar-refractivity contribution >= 4 is 5.91 Å². The van der Waals surface area contributed by atoms with Crippen LogP contribution < -0.4 is 11.2 Å². The lowest BCUT2D eigenvalue weighted by Gasteiger charge is -2.04. The number of primary amides is 1. The molecular formula is C9H11FN2O3. The second kappa shape index (κ2) is 5.28. The Kier molecular flexibility index (Phi) is 4.02. The molecule has 5 nitrogen and oxygen atoms in total. The van der Waals surface area contributed by atoms with E-state index in [1.807, 2.05) is 0 Å². The van der Waals surface area contributed by atoms with Gasteiger partial charge in [0.25, 0.3) is 0 Å². The van der Waals surface area contributed by atoms with Crippen LogP contribution in [0.4, 0.5) is 4.39 Å². The second-order valence-corrected chi connectivity index (χ2v) is 2.86. The van der Waals surface area contributed by atoms with Crippen molar-refractivity contribution in [1.29, 1.82) is 0 Å². The predicted molar refractivity (Wildman–Crippen MR) is 50.1 cm³/mol. The number of aromatic hydroxyl groups is 1. The maximum absolute atomic E-state index is 12.8. The third-order valence-electron chi connectivity index (χ3n) is 1.60. The number of rotatable bonds is 5. The normalized spacial score (nSPS) is 10.2. The van der Waals surface area contributed by atoms with Crippen LogP contribution in [0.1, 0.15) is 5.56 Å². The van der Waals surface area contributed by atoms with Crippen LogP contribution >= 0.6 is 0 Å². The van der Waals surface area contributed by atoms with E-state index in [1.165, 1.54) is 12.1 Å². The summed E-state index contributed by atoms with van der Waals surface area (Å²) in [5.41, 5.74) is 7.83. The van der Waals surface area contributed by atoms with Crippen LogP contribution in [0.15, 0.2) is 18.2 Å². The molecule has 0 radical (unpaired) electrons. The van der Waals surface area contributed by atoms with Crippen molar-refractivity contribution in [3.63, 3.8) is 0 Å². The highest BCUT2D eigenvalue weighted by Crippen LogP contribution is 2.15. The predicted octanol–water partition coefficient (Wildman–Crippen LogP) is 0.0378. The molecule has 0 unspecified atom stereocenters. The molecule has 0 aliphatic heterocycles. The lowest BCUT2D eigenvalue weighted by Crippen LogP contribution is -2.24. The quantitative estimate of drug-likeness (QED) is 0.477. The molecule has 0 atom stereocenters. The fraction of sp³-hybridized carbons (Fsp3) is 0.222. The van der Waals surface area contributed by atoms with Crippen molar-refractivity contribution in [2.45, 2.75) is 6.54 Å². The van der Waals surface area contributed by atoms with E-state index in [9.17, 15) is 9.18 Å². The van der Waals surface area contributed by atoms with Crippen LogP contribution in [0.25, 0.3) is 0 Å². The zero-order valence-electron chi connectivity index (χ0n) is 7.87. The zero-order chi connectivity index (χ0) is 11.3. The lowest BCUT2D eigenvalue weighted by molar-refractivity contribution is -0.125. The first-order chi connectivity index (χ1) is 7.09. The molecule has 0 saturated carbocycles. The van der Waals surface area contributed by atoms with E-state index in [2.05, 4.69) is 10.3 Å². The van der Waals surface area contributed by atoms with E-state index in [0.29, 0.717) is 5.56 Å². The number of carbonyl (C=O) groups excluding carboxylic acids is 1. The van der Waals surface area contributed by atoms with Gasteiger partial charge in [-0.25, -0.2) is 4.39 Å². The summed E-state index contributed by atoms with van der Waals surface area (Å²) in [5, 5.41) is 8.90. The fourth-order valence-corrected chi connectivity index (χ4v) is 0.917. The Morgan fingerprint density at radius 2 is 2.33 bits per heavy atom. The summed E-state index contributed by atoms with van der Waals surface area (Å²) in [4.78, 5) is 14.9. The minimum atomic E-state index is -0.704. The Morgan fingerprint density at radius 1 is 1.60 bits per heavy atom. The first-order valence-electron chi connectivity index (χ1n) is 4.20. The molecule has 0 aromatic heterocycles. The van der Waals surface area contributed by atoms with Crippen LogP contribution in [-0.2, 0) is 16.2 Å². The average molecular weight is 214 g/mol. The molecule has 0 bridgehead atoms. The van der Waals surface area contributed by atoms with Gasteiger partial charge < -0.3 is 10.8 Å². The van der Waals surface area contributed by atoms with Gasteiger partial charge in [-0.1, -0.05) is 6.07 Å². The standard InChI is InChI=1S/C9H11FN2O3/c10-7-3-6(1-2-8(7)13)4-12-15-5-9(11)14/h1-3,12-13H,4-5H2,(H2,11,14). The van der Waals surface area contributed by atoms with Gasteiger partial charge in [-0.05, 0) is 17.7 Å². The van der Waals surface area contributed by atoms with Gasteiger partial charge in [0.15, 0.2) is 11.6 Å². The van der Waals surface area contributed by atoms with Crippen molar-refractivity contribution in [1.82, 2.24) is 5.48 Å². The van der Waals surface area contributed by atoms with E-state index < -0.39 is 17.5 Å². The van der Waals surface area contributed by atoms with E-state index in [1.54, 1.807) is 0 Å². The SMILES string of the molecule is NC(=O)CONCc1ccc(O)c(F)c1. The number of nitrogens with one attached hydrogen (secondary N) is 1. The summed E-state index contributed by atoms with van der Waals surface area (Å²) >= 11 is 0. The summed E-state index contributed by atoms with van der Waals surface area (Å²) in [6.07, 6.45) is 0. The Morgan fingerprint density at radius 3 is 2.93 bits per heavy atom. The minimum absolute atomic E-state index is 0.213. The number of amides is 1. The first-order valence-corrected chi connectivity index (χ1v) is 4.20. The number of hydroxylamine groups is 1. The zero-order valence-corrected chi connectivity index (χ0v) is 7.87. The topological polar surface area (TPSA) is 84.6 Å². The molecule has 0 aliphatic carbocycles. The van der Waals surface area contributed by atoms with Gasteiger partial charge in [-0.15, -0.1) is 0 Å². The van der Waals surface area contributed by atoms with Crippen molar-refractivity contribution in [3.05, 3.63) is 29.6 Å². The molecule has 0 fully saturated rings. The number of nitrogens with two attached hydrogens (primary N) is 1. The molecule has 15 heavy (non-hydrogen) atoms. The maximum Gasteiger partial charge on any atom is 0.245 e. The highest BCUT2D eigenvalue weighted by Gasteiger charge is 2.01. The van der Waals surface area contributed by atoms with E-state index in [4.69, 9.17) is 10.8 Å². The Bertz CT molecular complexity index is 357. The fourth-order valence-electron chi connectivity index (χ4n) is 0.917. The van der Waals surface area contributed by atoms with Gasteiger partial charge in [-0.2, -0.15) is 5.48 Å². The average Bonchev–Trinajstić information content (AvgIpc) is 2.18. The second-order valence-electron chi connectivity index (χ2n) is 2.86. The molecule has 0 heterocycles. The van der Waals surface area contributed by atoms with Gasteiger partial charge >= 0.3 is 0 Å². The summed E-state index contributed by atoms with van der Waals surface area (Å²) in [6, 6.07) is 3.93. The van der Waals surface area contributed by atoms with Crippen LogP contribution in [-0.4, -0.2) is 17.6 Å². The van der Waals surface area contributed by atoms with Gasteiger partial charge in [0.05, 0.1) is 0 Å². The van der Waals surface area contributed by atoms with E-state index >= 15 is 0 Å². The van der Waals surface area contributed by atoms with Gasteiger partial charge in [0.1, 0.15) is 6.61 Å². The smallest absolute Gasteiger partial charge is 0.245 e. The van der Waals surface area contributed by atoms with Gasteiger partial charge in [0, 0.05) is 6.54 Å². The Labute approximate surface area is 85.6 Å². The van der Waals surface area contributed by atoms with E-state index in [-0.39, 0.29) is 13.2 Å². The third kappa shape index (κ3) is 3.92. The minimum Gasteiger partial charge on any atom is -0.505 e. The van der Waals surface area contributed by atoms with Crippen LogP contribution in [0.5, 0.6) is 5.75 Å². The lowest BCUT2D eigenvalue weighted by atomic mass is 10.2. The number of carbonyl (C=O) groups is 1. The number of phenolic OH excluding ortho intramolecular Hbond substituents is 1. The first kappa shape index (κ1) is 11.4. The molecule has 1 rings (SSSR count). The third-order valence-corrected chi connectivity index (χ3v) is 1.60. The number of hydrogen-bond acceptors (Lipinski definition) is 4. The van der Waals surface area contributed by atoms with Crippen LogP contribution in [0.3, 0.4) is 0 Å². The number of benzene rings is 1. The molecule has 82 valence electrons. The molecule has 0 saturated heterocycles. The summed E-state index contributed by atoms with van der Waals surface area (Å²) in [7, 11) is 0. The van der Waals surface area contributed by atoms with Gasteiger partial charge in [0.2, 0.25) is 5.91 Å². The monoisotopic (exact) mass is 214 g/mol. The Balaban J connectivity index is 2.38. The molecular weight excluding hydrogens is 203 g/mol. The maximum atomic E-state index is 12.8. The molecule has 0 aliphatic rings. The Hall–Kier alpha value is -1.66. The number of phenols is 1. The molecule has 1 amide bonds.